The van der Waals surface area contributed by atoms with Crippen molar-refractivity contribution < 1.29 is 0 Å². The van der Waals surface area contributed by atoms with Crippen LogP contribution < -0.4 is 5.32 Å². The minimum atomic E-state index is 0.435. The van der Waals surface area contributed by atoms with Gasteiger partial charge in [0, 0.05) is 29.7 Å². The molecule has 5 heteroatoms. The second kappa shape index (κ2) is 6.62. The molecule has 21 heavy (non-hydrogen) atoms. The summed E-state index contributed by atoms with van der Waals surface area (Å²) in [6.07, 6.45) is 4.87. The van der Waals surface area contributed by atoms with Crippen LogP contribution in [0.25, 0.3) is 0 Å². The SMILES string of the molecule is CCCNC(Cc1ncnn1C)C1Cc2ccccc2S1. The van der Waals surface area contributed by atoms with Gasteiger partial charge in [0.2, 0.25) is 0 Å². The second-order valence-corrected chi connectivity index (χ2v) is 6.81. The Balaban J connectivity index is 1.73. The Labute approximate surface area is 130 Å². The Hall–Kier alpha value is -1.33. The van der Waals surface area contributed by atoms with Gasteiger partial charge >= 0.3 is 0 Å². The van der Waals surface area contributed by atoms with Gasteiger partial charge in [-0.3, -0.25) is 4.68 Å². The largest absolute Gasteiger partial charge is 0.312 e. The molecule has 1 aromatic carbocycles. The van der Waals surface area contributed by atoms with E-state index in [9.17, 15) is 0 Å². The number of hydrogen-bond donors (Lipinski definition) is 1. The predicted molar refractivity (Wildman–Crippen MR) is 86.6 cm³/mol. The summed E-state index contributed by atoms with van der Waals surface area (Å²) in [4.78, 5) is 5.82. The number of nitrogens with zero attached hydrogens (tertiary/aromatic N) is 3. The topological polar surface area (TPSA) is 42.7 Å². The molecule has 3 rings (SSSR count). The standard InChI is InChI=1S/C16H22N4S/c1-3-8-17-13(10-16-18-11-19-20(16)2)15-9-12-6-4-5-7-14(12)21-15/h4-7,11,13,15,17H,3,8-10H2,1-2H3. The molecule has 0 aliphatic carbocycles. The molecule has 2 heterocycles. The highest BCUT2D eigenvalue weighted by molar-refractivity contribution is 8.00. The fourth-order valence-corrected chi connectivity index (χ4v) is 4.21. The number of aromatic nitrogens is 3. The number of rotatable bonds is 6. The van der Waals surface area contributed by atoms with Crippen LogP contribution >= 0.6 is 11.8 Å². The molecule has 0 saturated carbocycles. The van der Waals surface area contributed by atoms with E-state index in [2.05, 4.69) is 46.6 Å². The molecule has 2 atom stereocenters. The maximum Gasteiger partial charge on any atom is 0.138 e. The normalized spacial score (nSPS) is 18.7. The molecule has 112 valence electrons. The van der Waals surface area contributed by atoms with E-state index in [0.29, 0.717) is 11.3 Å². The van der Waals surface area contributed by atoms with Crippen LogP contribution in [0.1, 0.15) is 24.7 Å². The molecule has 0 radical (unpaired) electrons. The molecule has 0 saturated heterocycles. The first-order chi connectivity index (χ1) is 10.3. The van der Waals surface area contributed by atoms with Crippen molar-refractivity contribution in [3.8, 4) is 0 Å². The monoisotopic (exact) mass is 302 g/mol. The molecule has 4 nitrogen and oxygen atoms in total. The van der Waals surface area contributed by atoms with Crippen molar-refractivity contribution in [2.24, 2.45) is 7.05 Å². The van der Waals surface area contributed by atoms with E-state index in [4.69, 9.17) is 0 Å². The summed E-state index contributed by atoms with van der Waals surface area (Å²) in [5, 5.41) is 8.47. The van der Waals surface area contributed by atoms with Gasteiger partial charge in [0.25, 0.3) is 0 Å². The first kappa shape index (κ1) is 14.6. The van der Waals surface area contributed by atoms with Crippen LogP contribution in [0.5, 0.6) is 0 Å². The Bertz CT molecular complexity index is 570. The zero-order chi connectivity index (χ0) is 14.7. The fraction of sp³-hybridized carbons (Fsp3) is 0.500. The first-order valence-corrected chi connectivity index (χ1v) is 8.46. The lowest BCUT2D eigenvalue weighted by Crippen LogP contribution is -2.41. The Morgan fingerprint density at radius 3 is 3.00 bits per heavy atom. The highest BCUT2D eigenvalue weighted by atomic mass is 32.2. The minimum absolute atomic E-state index is 0.435. The van der Waals surface area contributed by atoms with Gasteiger partial charge in [-0.2, -0.15) is 5.10 Å². The van der Waals surface area contributed by atoms with Gasteiger partial charge in [0.05, 0.1) is 0 Å². The Morgan fingerprint density at radius 2 is 2.29 bits per heavy atom. The smallest absolute Gasteiger partial charge is 0.138 e. The van der Waals surface area contributed by atoms with Crippen LogP contribution in [0.2, 0.25) is 0 Å². The Morgan fingerprint density at radius 1 is 1.43 bits per heavy atom. The van der Waals surface area contributed by atoms with Crippen LogP contribution in [-0.2, 0) is 19.9 Å². The third-order valence-electron chi connectivity index (χ3n) is 3.98. The maximum absolute atomic E-state index is 4.39. The van der Waals surface area contributed by atoms with Crippen molar-refractivity contribution >= 4 is 11.8 Å². The molecule has 0 bridgehead atoms. The van der Waals surface area contributed by atoms with E-state index >= 15 is 0 Å². The summed E-state index contributed by atoms with van der Waals surface area (Å²) >= 11 is 2.00. The lowest BCUT2D eigenvalue weighted by atomic mass is 10.0. The van der Waals surface area contributed by atoms with Gasteiger partial charge in [-0.1, -0.05) is 25.1 Å². The molecule has 0 amide bonds. The van der Waals surface area contributed by atoms with E-state index in [1.165, 1.54) is 10.5 Å². The molecule has 2 aromatic rings. The summed E-state index contributed by atoms with van der Waals surface area (Å²) in [7, 11) is 1.97. The summed E-state index contributed by atoms with van der Waals surface area (Å²) in [5.74, 6) is 1.06. The molecule has 0 spiro atoms. The molecular weight excluding hydrogens is 280 g/mol. The first-order valence-electron chi connectivity index (χ1n) is 7.58. The number of aryl methyl sites for hydroxylation is 1. The molecule has 1 aliphatic rings. The van der Waals surface area contributed by atoms with Crippen molar-refractivity contribution in [3.63, 3.8) is 0 Å². The van der Waals surface area contributed by atoms with Crippen LogP contribution in [0, 0.1) is 0 Å². The molecule has 1 aliphatic heterocycles. The van der Waals surface area contributed by atoms with E-state index < -0.39 is 0 Å². The van der Waals surface area contributed by atoms with E-state index in [1.54, 1.807) is 6.33 Å². The van der Waals surface area contributed by atoms with Gasteiger partial charge in [0.15, 0.2) is 0 Å². The average molecular weight is 302 g/mol. The molecule has 0 fully saturated rings. The van der Waals surface area contributed by atoms with Crippen LogP contribution in [0.15, 0.2) is 35.5 Å². The van der Waals surface area contributed by atoms with Crippen molar-refractivity contribution in [1.82, 2.24) is 20.1 Å². The van der Waals surface area contributed by atoms with Crippen molar-refractivity contribution in [1.29, 1.82) is 0 Å². The highest BCUT2D eigenvalue weighted by Crippen LogP contribution is 2.38. The van der Waals surface area contributed by atoms with Gasteiger partial charge in [-0.05, 0) is 31.0 Å². The summed E-state index contributed by atoms with van der Waals surface area (Å²) in [6, 6.07) is 9.19. The van der Waals surface area contributed by atoms with Gasteiger partial charge in [-0.15, -0.1) is 11.8 Å². The molecule has 2 unspecified atom stereocenters. The minimum Gasteiger partial charge on any atom is -0.312 e. The third kappa shape index (κ3) is 3.30. The van der Waals surface area contributed by atoms with Crippen LogP contribution in [0.3, 0.4) is 0 Å². The number of hydrogen-bond acceptors (Lipinski definition) is 4. The maximum atomic E-state index is 4.39. The Kier molecular flexibility index (Phi) is 4.60. The number of nitrogens with one attached hydrogen (secondary N) is 1. The van der Waals surface area contributed by atoms with E-state index in [0.717, 1.165) is 31.6 Å². The van der Waals surface area contributed by atoms with Crippen molar-refractivity contribution in [2.45, 2.75) is 42.4 Å². The molecule has 1 aromatic heterocycles. The third-order valence-corrected chi connectivity index (χ3v) is 5.44. The highest BCUT2D eigenvalue weighted by Gasteiger charge is 2.29. The summed E-state index contributed by atoms with van der Waals surface area (Å²) < 4.78 is 1.88. The zero-order valence-electron chi connectivity index (χ0n) is 12.6. The predicted octanol–water partition coefficient (Wildman–Crippen LogP) is 2.44. The van der Waals surface area contributed by atoms with Gasteiger partial charge < -0.3 is 5.32 Å². The quantitative estimate of drug-likeness (QED) is 0.890. The van der Waals surface area contributed by atoms with E-state index in [1.807, 2.05) is 23.5 Å². The molecular formula is C16H22N4S. The number of benzene rings is 1. The lowest BCUT2D eigenvalue weighted by molar-refractivity contribution is 0.473. The lowest BCUT2D eigenvalue weighted by Gasteiger charge is -2.23. The zero-order valence-corrected chi connectivity index (χ0v) is 13.4. The average Bonchev–Trinajstić information content (AvgIpc) is 3.09. The fourth-order valence-electron chi connectivity index (χ4n) is 2.80. The molecule has 1 N–H and O–H groups in total. The van der Waals surface area contributed by atoms with E-state index in [-0.39, 0.29) is 0 Å². The van der Waals surface area contributed by atoms with Gasteiger partial charge in [0.1, 0.15) is 12.2 Å². The van der Waals surface area contributed by atoms with Gasteiger partial charge in [-0.25, -0.2) is 4.98 Å². The van der Waals surface area contributed by atoms with Crippen molar-refractivity contribution in [2.75, 3.05) is 6.54 Å². The van der Waals surface area contributed by atoms with Crippen LogP contribution in [0.4, 0.5) is 0 Å². The van der Waals surface area contributed by atoms with Crippen molar-refractivity contribution in [3.05, 3.63) is 42.0 Å². The second-order valence-electron chi connectivity index (χ2n) is 5.53. The summed E-state index contributed by atoms with van der Waals surface area (Å²) in [5.41, 5.74) is 1.48. The number of thioether (sulfide) groups is 1. The number of fused-ring (bicyclic) bond motifs is 1. The summed E-state index contributed by atoms with van der Waals surface area (Å²) in [6.45, 7) is 3.26. The van der Waals surface area contributed by atoms with Crippen LogP contribution in [-0.4, -0.2) is 32.6 Å².